The Balaban J connectivity index is 4.05. The second-order valence-corrected chi connectivity index (χ2v) is 4.05. The Morgan fingerprint density at radius 1 is 1.64 bits per heavy atom. The zero-order chi connectivity index (χ0) is 11.2. The molecule has 0 aromatic heterocycles. The summed E-state index contributed by atoms with van der Waals surface area (Å²) in [7, 11) is 0. The molecular formula is C10H22N2O2. The molecule has 0 spiro atoms. The minimum atomic E-state index is -0.793. The summed E-state index contributed by atoms with van der Waals surface area (Å²) < 4.78 is 0. The number of aliphatic hydroxyl groups is 1. The molecule has 2 atom stereocenters. The van der Waals surface area contributed by atoms with Crippen LogP contribution in [0.4, 0.5) is 0 Å². The first-order valence-electron chi connectivity index (χ1n) is 5.14. The summed E-state index contributed by atoms with van der Waals surface area (Å²) in [6, 6.07) is -0.0211. The maximum Gasteiger partial charge on any atom is 0.240 e. The lowest BCUT2D eigenvalue weighted by atomic mass is 9.96. The number of carbonyl (C=O) groups excluding carboxylic acids is 1. The Labute approximate surface area is 85.9 Å². The van der Waals surface area contributed by atoms with E-state index < -0.39 is 5.54 Å². The second-order valence-electron chi connectivity index (χ2n) is 4.05. The largest absolute Gasteiger partial charge is 0.396 e. The van der Waals surface area contributed by atoms with Crippen LogP contribution in [0.3, 0.4) is 0 Å². The van der Waals surface area contributed by atoms with Gasteiger partial charge in [0.1, 0.15) is 0 Å². The smallest absolute Gasteiger partial charge is 0.240 e. The summed E-state index contributed by atoms with van der Waals surface area (Å²) in [6.07, 6.45) is 2.12. The fourth-order valence-electron chi connectivity index (χ4n) is 1.29. The number of rotatable bonds is 6. The number of aliphatic hydroxyl groups excluding tert-OH is 1. The van der Waals surface area contributed by atoms with Crippen LogP contribution in [0.2, 0.25) is 0 Å². The molecule has 2 unspecified atom stereocenters. The predicted octanol–water partition coefficient (Wildman–Crippen LogP) is 0.391. The Bertz CT molecular complexity index is 181. The van der Waals surface area contributed by atoms with Crippen LogP contribution in [0.1, 0.15) is 40.0 Å². The number of nitrogens with two attached hydrogens (primary N) is 1. The summed E-state index contributed by atoms with van der Waals surface area (Å²) in [4.78, 5) is 11.6. The molecule has 84 valence electrons. The Hall–Kier alpha value is -0.610. The van der Waals surface area contributed by atoms with Crippen LogP contribution in [0.5, 0.6) is 0 Å². The van der Waals surface area contributed by atoms with Crippen LogP contribution in [0, 0.1) is 0 Å². The fraction of sp³-hybridized carbons (Fsp3) is 0.900. The lowest BCUT2D eigenvalue weighted by molar-refractivity contribution is -0.126. The second kappa shape index (κ2) is 5.98. The van der Waals surface area contributed by atoms with E-state index in [0.29, 0.717) is 12.8 Å². The molecule has 0 aliphatic heterocycles. The van der Waals surface area contributed by atoms with E-state index in [1.165, 1.54) is 0 Å². The summed E-state index contributed by atoms with van der Waals surface area (Å²) in [5, 5.41) is 11.5. The molecule has 4 N–H and O–H groups in total. The van der Waals surface area contributed by atoms with Gasteiger partial charge in [-0.3, -0.25) is 4.79 Å². The zero-order valence-electron chi connectivity index (χ0n) is 9.34. The van der Waals surface area contributed by atoms with Gasteiger partial charge in [-0.1, -0.05) is 13.3 Å². The monoisotopic (exact) mass is 202 g/mol. The van der Waals surface area contributed by atoms with E-state index >= 15 is 0 Å². The van der Waals surface area contributed by atoms with E-state index in [1.54, 1.807) is 6.92 Å². The van der Waals surface area contributed by atoms with Crippen LogP contribution in [-0.4, -0.2) is 29.2 Å². The van der Waals surface area contributed by atoms with Gasteiger partial charge >= 0.3 is 0 Å². The third-order valence-electron chi connectivity index (χ3n) is 2.23. The molecule has 14 heavy (non-hydrogen) atoms. The third-order valence-corrected chi connectivity index (χ3v) is 2.23. The predicted molar refractivity (Wildman–Crippen MR) is 56.8 cm³/mol. The third kappa shape index (κ3) is 4.58. The highest BCUT2D eigenvalue weighted by Crippen LogP contribution is 2.09. The van der Waals surface area contributed by atoms with Gasteiger partial charge in [0.25, 0.3) is 0 Å². The zero-order valence-corrected chi connectivity index (χ0v) is 9.34. The lowest BCUT2D eigenvalue weighted by Gasteiger charge is -2.25. The molecule has 0 fully saturated rings. The standard InChI is InChI=1S/C10H22N2O2/c1-4-6-10(3,11)9(14)12-8(2)5-7-13/h8,13H,4-7,11H2,1-3H3,(H,12,14). The minimum absolute atomic E-state index is 0.0211. The molecule has 4 nitrogen and oxygen atoms in total. The summed E-state index contributed by atoms with van der Waals surface area (Å²) in [5.41, 5.74) is 5.05. The maximum atomic E-state index is 11.6. The molecule has 0 radical (unpaired) electrons. The molecule has 0 heterocycles. The van der Waals surface area contributed by atoms with Gasteiger partial charge in [-0.05, 0) is 26.7 Å². The molecule has 0 saturated heterocycles. The van der Waals surface area contributed by atoms with Gasteiger partial charge < -0.3 is 16.2 Å². The van der Waals surface area contributed by atoms with Crippen LogP contribution in [0.25, 0.3) is 0 Å². The summed E-state index contributed by atoms with van der Waals surface area (Å²) >= 11 is 0. The van der Waals surface area contributed by atoms with Gasteiger partial charge in [-0.2, -0.15) is 0 Å². The first-order chi connectivity index (χ1) is 6.44. The summed E-state index contributed by atoms with van der Waals surface area (Å²) in [6.45, 7) is 5.67. The Morgan fingerprint density at radius 2 is 2.21 bits per heavy atom. The molecule has 0 bridgehead atoms. The number of hydrogen-bond acceptors (Lipinski definition) is 3. The van der Waals surface area contributed by atoms with Crippen molar-refractivity contribution in [3.8, 4) is 0 Å². The van der Waals surface area contributed by atoms with Gasteiger partial charge in [0.05, 0.1) is 5.54 Å². The number of carbonyl (C=O) groups is 1. The van der Waals surface area contributed by atoms with Crippen molar-refractivity contribution in [3.63, 3.8) is 0 Å². The highest BCUT2D eigenvalue weighted by molar-refractivity contribution is 5.85. The van der Waals surface area contributed by atoms with Crippen molar-refractivity contribution in [3.05, 3.63) is 0 Å². The fourth-order valence-corrected chi connectivity index (χ4v) is 1.29. The van der Waals surface area contributed by atoms with E-state index in [4.69, 9.17) is 10.8 Å². The van der Waals surface area contributed by atoms with E-state index in [0.717, 1.165) is 6.42 Å². The molecule has 0 aliphatic rings. The van der Waals surface area contributed by atoms with Gasteiger partial charge in [0.2, 0.25) is 5.91 Å². The van der Waals surface area contributed by atoms with Crippen molar-refractivity contribution in [1.29, 1.82) is 0 Å². The van der Waals surface area contributed by atoms with Crippen molar-refractivity contribution >= 4 is 5.91 Å². The molecule has 0 aromatic rings. The average molecular weight is 202 g/mol. The average Bonchev–Trinajstić information content (AvgIpc) is 2.04. The van der Waals surface area contributed by atoms with Crippen molar-refractivity contribution in [2.45, 2.75) is 51.6 Å². The molecule has 0 aliphatic carbocycles. The molecule has 0 saturated carbocycles. The highest BCUT2D eigenvalue weighted by Gasteiger charge is 2.27. The van der Waals surface area contributed by atoms with E-state index in [1.807, 2.05) is 13.8 Å². The van der Waals surface area contributed by atoms with E-state index in [-0.39, 0.29) is 18.6 Å². The lowest BCUT2D eigenvalue weighted by Crippen LogP contribution is -2.53. The topological polar surface area (TPSA) is 75.4 Å². The van der Waals surface area contributed by atoms with Gasteiger partial charge in [-0.15, -0.1) is 0 Å². The van der Waals surface area contributed by atoms with Crippen LogP contribution < -0.4 is 11.1 Å². The van der Waals surface area contributed by atoms with Crippen molar-refractivity contribution < 1.29 is 9.90 Å². The quantitative estimate of drug-likeness (QED) is 0.583. The van der Waals surface area contributed by atoms with Crippen molar-refractivity contribution in [1.82, 2.24) is 5.32 Å². The first kappa shape index (κ1) is 13.4. The number of hydrogen-bond donors (Lipinski definition) is 3. The number of amides is 1. The SMILES string of the molecule is CCCC(C)(N)C(=O)NC(C)CCO. The van der Waals surface area contributed by atoms with Crippen LogP contribution in [-0.2, 0) is 4.79 Å². The van der Waals surface area contributed by atoms with Gasteiger partial charge in [0.15, 0.2) is 0 Å². The van der Waals surface area contributed by atoms with Crippen LogP contribution >= 0.6 is 0 Å². The Morgan fingerprint density at radius 3 is 2.64 bits per heavy atom. The van der Waals surface area contributed by atoms with Crippen LogP contribution in [0.15, 0.2) is 0 Å². The molecule has 1 amide bonds. The van der Waals surface area contributed by atoms with Crippen molar-refractivity contribution in [2.75, 3.05) is 6.61 Å². The minimum Gasteiger partial charge on any atom is -0.396 e. The van der Waals surface area contributed by atoms with E-state index in [2.05, 4.69) is 5.32 Å². The molecule has 4 heteroatoms. The normalized spacial score (nSPS) is 17.2. The molecule has 0 rings (SSSR count). The maximum absolute atomic E-state index is 11.6. The highest BCUT2D eigenvalue weighted by atomic mass is 16.3. The van der Waals surface area contributed by atoms with Crippen molar-refractivity contribution in [2.24, 2.45) is 5.73 Å². The number of nitrogens with one attached hydrogen (secondary N) is 1. The first-order valence-corrected chi connectivity index (χ1v) is 5.14. The van der Waals surface area contributed by atoms with E-state index in [9.17, 15) is 4.79 Å². The molecule has 0 aromatic carbocycles. The molecular weight excluding hydrogens is 180 g/mol. The Kier molecular flexibility index (Phi) is 5.72. The van der Waals surface area contributed by atoms with Gasteiger partial charge in [-0.25, -0.2) is 0 Å². The van der Waals surface area contributed by atoms with Gasteiger partial charge in [0, 0.05) is 12.6 Å². The summed E-state index contributed by atoms with van der Waals surface area (Å²) in [5.74, 6) is -0.139.